The van der Waals surface area contributed by atoms with Crippen LogP contribution in [0.5, 0.6) is 0 Å². The molecule has 27 heavy (non-hydrogen) atoms. The van der Waals surface area contributed by atoms with E-state index in [0.29, 0.717) is 6.42 Å². The maximum Gasteiger partial charge on any atom is 0.302 e. The second-order valence-electron chi connectivity index (χ2n) is 8.31. The Morgan fingerprint density at radius 1 is 1.15 bits per heavy atom. The van der Waals surface area contributed by atoms with Gasteiger partial charge in [-0.1, -0.05) is 39.3 Å². The number of carbonyl (C=O) groups is 1. The number of hydrogen-bond acceptors (Lipinski definition) is 5. The molecule has 2 saturated heterocycles. The van der Waals surface area contributed by atoms with Gasteiger partial charge in [-0.2, -0.15) is 0 Å². The molecule has 0 radical (unpaired) electrons. The summed E-state index contributed by atoms with van der Waals surface area (Å²) >= 11 is 0. The molecule has 3 fully saturated rings. The number of carbonyl (C=O) groups excluding carboxylic acids is 1. The fourth-order valence-corrected chi connectivity index (χ4v) is 4.82. The number of rotatable bonds is 6. The molecule has 2 aliphatic heterocycles. The average molecular weight is 381 g/mol. The Morgan fingerprint density at radius 3 is 2.48 bits per heavy atom. The monoisotopic (exact) mass is 380 g/mol. The fourth-order valence-electron chi connectivity index (χ4n) is 4.82. The van der Waals surface area contributed by atoms with Gasteiger partial charge in [0.2, 0.25) is 0 Å². The van der Waals surface area contributed by atoms with Crippen LogP contribution in [-0.4, -0.2) is 42.3 Å². The fraction of sp³-hybridized carbons (Fsp3) is 0.864. The predicted octanol–water partition coefficient (Wildman–Crippen LogP) is 4.53. The van der Waals surface area contributed by atoms with Crippen molar-refractivity contribution in [2.45, 2.75) is 115 Å². The average Bonchev–Trinajstić information content (AvgIpc) is 3.01. The van der Waals surface area contributed by atoms with Crippen molar-refractivity contribution in [2.75, 3.05) is 0 Å². The van der Waals surface area contributed by atoms with Gasteiger partial charge in [0.05, 0.1) is 12.2 Å². The number of ether oxygens (including phenoxy) is 4. The summed E-state index contributed by atoms with van der Waals surface area (Å²) in [5, 5.41) is 0. The van der Waals surface area contributed by atoms with Crippen LogP contribution in [0.1, 0.15) is 79.1 Å². The molecule has 0 aromatic heterocycles. The van der Waals surface area contributed by atoms with Gasteiger partial charge in [0.1, 0.15) is 18.3 Å². The molecule has 5 heteroatoms. The van der Waals surface area contributed by atoms with E-state index < -0.39 is 5.79 Å². The van der Waals surface area contributed by atoms with Gasteiger partial charge >= 0.3 is 5.97 Å². The van der Waals surface area contributed by atoms with Crippen LogP contribution in [0.15, 0.2) is 12.2 Å². The molecule has 1 unspecified atom stereocenters. The first-order valence-corrected chi connectivity index (χ1v) is 10.8. The van der Waals surface area contributed by atoms with Gasteiger partial charge in [-0.25, -0.2) is 0 Å². The standard InChI is InChI=1S/C22H36O5/c1-5-7-9-12-18-15(3)19-21(20(25-18)17(6-2)24-16(4)23)27-22(26-19)13-10-8-11-14-22/h7,9,15,17-21H,5-6,8,10-14H2,1-4H3/b9-7+/t15-,17+,18-,19-,20-,21?/m0/s1. The van der Waals surface area contributed by atoms with Crippen LogP contribution in [0, 0.1) is 5.92 Å². The van der Waals surface area contributed by atoms with E-state index in [2.05, 4.69) is 26.0 Å². The minimum atomic E-state index is -0.466. The van der Waals surface area contributed by atoms with E-state index in [4.69, 9.17) is 18.9 Å². The van der Waals surface area contributed by atoms with Gasteiger partial charge in [-0.05, 0) is 32.1 Å². The highest BCUT2D eigenvalue weighted by atomic mass is 16.8. The molecule has 2 heterocycles. The molecule has 6 atom stereocenters. The second kappa shape index (κ2) is 9.06. The van der Waals surface area contributed by atoms with Crippen molar-refractivity contribution in [2.24, 2.45) is 5.92 Å². The van der Waals surface area contributed by atoms with E-state index in [1.165, 1.54) is 13.3 Å². The summed E-state index contributed by atoms with van der Waals surface area (Å²) in [5.41, 5.74) is 0. The SMILES string of the molecule is CC/C=C/C[C@@H]1O[C@@H]([C@@H](CC)OC(C)=O)C2OC3(CCCCC3)O[C@H]2[C@H]1C. The van der Waals surface area contributed by atoms with Crippen LogP contribution in [-0.2, 0) is 23.7 Å². The minimum absolute atomic E-state index is 0.00788. The second-order valence-corrected chi connectivity index (χ2v) is 8.31. The molecule has 1 aliphatic carbocycles. The lowest BCUT2D eigenvalue weighted by Crippen LogP contribution is -2.56. The summed E-state index contributed by atoms with van der Waals surface area (Å²) in [6, 6.07) is 0. The maximum absolute atomic E-state index is 11.6. The summed E-state index contributed by atoms with van der Waals surface area (Å²) in [6.07, 6.45) is 11.7. The van der Waals surface area contributed by atoms with Gasteiger partial charge < -0.3 is 18.9 Å². The van der Waals surface area contributed by atoms with E-state index in [-0.39, 0.29) is 42.4 Å². The zero-order chi connectivity index (χ0) is 19.4. The number of fused-ring (bicyclic) bond motifs is 1. The molecule has 3 rings (SSSR count). The molecule has 0 bridgehead atoms. The molecule has 0 aromatic carbocycles. The van der Waals surface area contributed by atoms with Crippen LogP contribution in [0.4, 0.5) is 0 Å². The molecule has 1 spiro atoms. The lowest BCUT2D eigenvalue weighted by Gasteiger charge is -2.43. The lowest BCUT2D eigenvalue weighted by atomic mass is 9.84. The van der Waals surface area contributed by atoms with E-state index in [9.17, 15) is 4.79 Å². The van der Waals surface area contributed by atoms with Crippen molar-refractivity contribution in [3.05, 3.63) is 12.2 Å². The van der Waals surface area contributed by atoms with E-state index in [1.54, 1.807) is 0 Å². The molecule has 5 nitrogen and oxygen atoms in total. The smallest absolute Gasteiger partial charge is 0.302 e. The third-order valence-corrected chi connectivity index (χ3v) is 6.26. The third-order valence-electron chi connectivity index (χ3n) is 6.26. The molecule has 0 aromatic rings. The summed E-state index contributed by atoms with van der Waals surface area (Å²) in [6.45, 7) is 7.83. The highest BCUT2D eigenvalue weighted by Crippen LogP contribution is 2.47. The van der Waals surface area contributed by atoms with E-state index in [1.807, 2.05) is 6.92 Å². The maximum atomic E-state index is 11.6. The van der Waals surface area contributed by atoms with Crippen molar-refractivity contribution in [3.63, 3.8) is 0 Å². The third kappa shape index (κ3) is 4.57. The lowest BCUT2D eigenvalue weighted by molar-refractivity contribution is -0.213. The minimum Gasteiger partial charge on any atom is -0.460 e. The molecule has 154 valence electrons. The molecule has 0 N–H and O–H groups in total. The van der Waals surface area contributed by atoms with Crippen LogP contribution < -0.4 is 0 Å². The largest absolute Gasteiger partial charge is 0.460 e. The summed E-state index contributed by atoms with van der Waals surface area (Å²) in [4.78, 5) is 11.6. The topological polar surface area (TPSA) is 54.0 Å². The van der Waals surface area contributed by atoms with Gasteiger partial charge in [-0.3, -0.25) is 4.79 Å². The predicted molar refractivity (Wildman–Crippen MR) is 103 cm³/mol. The Hall–Kier alpha value is -0.910. The number of allylic oxidation sites excluding steroid dienone is 1. The van der Waals surface area contributed by atoms with Crippen molar-refractivity contribution in [1.29, 1.82) is 0 Å². The highest BCUT2D eigenvalue weighted by Gasteiger charge is 2.58. The van der Waals surface area contributed by atoms with Crippen LogP contribution in [0.3, 0.4) is 0 Å². The van der Waals surface area contributed by atoms with Crippen molar-refractivity contribution < 1.29 is 23.7 Å². The van der Waals surface area contributed by atoms with Crippen molar-refractivity contribution in [1.82, 2.24) is 0 Å². The van der Waals surface area contributed by atoms with Gasteiger partial charge in [-0.15, -0.1) is 0 Å². The molecule has 0 amide bonds. The van der Waals surface area contributed by atoms with Crippen LogP contribution >= 0.6 is 0 Å². The summed E-state index contributed by atoms with van der Waals surface area (Å²) in [7, 11) is 0. The first kappa shape index (κ1) is 20.8. The van der Waals surface area contributed by atoms with Gasteiger partial charge in [0, 0.05) is 25.7 Å². The Kier molecular flexibility index (Phi) is 6.98. The first-order valence-electron chi connectivity index (χ1n) is 10.8. The normalized spacial score (nSPS) is 36.7. The van der Waals surface area contributed by atoms with Gasteiger partial charge in [0.25, 0.3) is 0 Å². The van der Waals surface area contributed by atoms with Crippen LogP contribution in [0.2, 0.25) is 0 Å². The Morgan fingerprint density at radius 2 is 1.85 bits per heavy atom. The number of esters is 1. The zero-order valence-electron chi connectivity index (χ0n) is 17.3. The number of hydrogen-bond donors (Lipinski definition) is 0. The van der Waals surface area contributed by atoms with Gasteiger partial charge in [0.15, 0.2) is 5.79 Å². The van der Waals surface area contributed by atoms with Crippen molar-refractivity contribution >= 4 is 5.97 Å². The van der Waals surface area contributed by atoms with E-state index in [0.717, 1.165) is 38.5 Å². The Bertz CT molecular complexity index is 525. The zero-order valence-corrected chi connectivity index (χ0v) is 17.3. The summed E-state index contributed by atoms with van der Waals surface area (Å²) in [5.74, 6) is -0.496. The molecule has 1 saturated carbocycles. The van der Waals surface area contributed by atoms with Crippen molar-refractivity contribution in [3.8, 4) is 0 Å². The Labute approximate surface area is 163 Å². The first-order chi connectivity index (χ1) is 13.0. The van der Waals surface area contributed by atoms with Crippen LogP contribution in [0.25, 0.3) is 0 Å². The molecule has 3 aliphatic rings. The molecular formula is C22H36O5. The molecular weight excluding hydrogens is 344 g/mol. The quantitative estimate of drug-likeness (QED) is 0.500. The summed E-state index contributed by atoms with van der Waals surface area (Å²) < 4.78 is 25.3. The van der Waals surface area contributed by atoms with E-state index >= 15 is 0 Å². The Balaban J connectivity index is 1.83. The highest BCUT2D eigenvalue weighted by molar-refractivity contribution is 5.66.